The van der Waals surface area contributed by atoms with Gasteiger partial charge in [0.2, 0.25) is 0 Å². The minimum Gasteiger partial charge on any atom is -0.507 e. The summed E-state index contributed by atoms with van der Waals surface area (Å²) in [6, 6.07) is 6.67. The van der Waals surface area contributed by atoms with Crippen molar-refractivity contribution >= 4 is 17.5 Å². The van der Waals surface area contributed by atoms with Crippen LogP contribution in [0, 0.1) is 5.92 Å². The van der Waals surface area contributed by atoms with Crippen molar-refractivity contribution in [3.63, 3.8) is 0 Å². The highest BCUT2D eigenvalue weighted by Gasteiger charge is 2.24. The van der Waals surface area contributed by atoms with Crippen LogP contribution in [0.3, 0.4) is 0 Å². The van der Waals surface area contributed by atoms with Crippen molar-refractivity contribution in [2.24, 2.45) is 5.92 Å². The Morgan fingerprint density at radius 3 is 2.59 bits per heavy atom. The Morgan fingerprint density at radius 2 is 2.00 bits per heavy atom. The summed E-state index contributed by atoms with van der Waals surface area (Å²) < 4.78 is 0. The number of aromatic hydroxyl groups is 1. The molecule has 1 saturated heterocycles. The van der Waals surface area contributed by atoms with Gasteiger partial charge in [-0.15, -0.1) is 11.6 Å². The first-order valence-electron chi connectivity index (χ1n) is 5.85. The second-order valence-electron chi connectivity index (χ2n) is 4.41. The highest BCUT2D eigenvalue weighted by atomic mass is 35.5. The molecule has 4 heteroatoms. The van der Waals surface area contributed by atoms with Gasteiger partial charge in [-0.1, -0.05) is 12.1 Å². The quantitative estimate of drug-likeness (QED) is 0.823. The van der Waals surface area contributed by atoms with Crippen molar-refractivity contribution in [2.45, 2.75) is 12.8 Å². The summed E-state index contributed by atoms with van der Waals surface area (Å²) in [7, 11) is 0. The molecule has 92 valence electrons. The number of phenolic OH excluding ortho intramolecular Hbond substituents is 1. The zero-order valence-electron chi connectivity index (χ0n) is 9.60. The molecular weight excluding hydrogens is 238 g/mol. The van der Waals surface area contributed by atoms with Crippen molar-refractivity contribution in [1.29, 1.82) is 0 Å². The molecular formula is C13H16ClNO2. The number of carbonyl (C=O) groups is 1. The number of likely N-dealkylation sites (tertiary alicyclic amines) is 1. The fourth-order valence-corrected chi connectivity index (χ4v) is 2.42. The molecule has 0 bridgehead atoms. The van der Waals surface area contributed by atoms with E-state index in [-0.39, 0.29) is 11.7 Å². The van der Waals surface area contributed by atoms with E-state index < -0.39 is 0 Å². The van der Waals surface area contributed by atoms with E-state index >= 15 is 0 Å². The third-order valence-electron chi connectivity index (χ3n) is 3.25. The zero-order valence-corrected chi connectivity index (χ0v) is 10.4. The highest BCUT2D eigenvalue weighted by molar-refractivity contribution is 6.18. The minimum atomic E-state index is -0.0869. The van der Waals surface area contributed by atoms with E-state index in [9.17, 15) is 9.90 Å². The normalized spacial score (nSPS) is 17.1. The third-order valence-corrected chi connectivity index (χ3v) is 3.69. The lowest BCUT2D eigenvalue weighted by Crippen LogP contribution is -2.38. The number of phenols is 1. The number of carbonyl (C=O) groups excluding carboxylic acids is 1. The van der Waals surface area contributed by atoms with Crippen molar-refractivity contribution in [3.8, 4) is 5.75 Å². The maximum Gasteiger partial charge on any atom is 0.257 e. The van der Waals surface area contributed by atoms with E-state index in [1.54, 1.807) is 29.2 Å². The van der Waals surface area contributed by atoms with E-state index in [0.717, 1.165) is 25.9 Å². The molecule has 0 atom stereocenters. The summed E-state index contributed by atoms with van der Waals surface area (Å²) in [5.41, 5.74) is 0.386. The van der Waals surface area contributed by atoms with Gasteiger partial charge in [-0.25, -0.2) is 0 Å². The molecule has 3 nitrogen and oxygen atoms in total. The van der Waals surface area contributed by atoms with Crippen molar-refractivity contribution in [1.82, 2.24) is 4.90 Å². The van der Waals surface area contributed by atoms with E-state index in [4.69, 9.17) is 11.6 Å². The smallest absolute Gasteiger partial charge is 0.257 e. The van der Waals surface area contributed by atoms with Crippen LogP contribution in [-0.2, 0) is 0 Å². The molecule has 1 aliphatic rings. The average Bonchev–Trinajstić information content (AvgIpc) is 2.39. The first-order valence-corrected chi connectivity index (χ1v) is 6.39. The average molecular weight is 254 g/mol. The van der Waals surface area contributed by atoms with Crippen molar-refractivity contribution in [2.75, 3.05) is 19.0 Å². The molecule has 1 heterocycles. The van der Waals surface area contributed by atoms with E-state index in [1.165, 1.54) is 0 Å². The second-order valence-corrected chi connectivity index (χ2v) is 4.72. The number of para-hydroxylation sites is 1. The van der Waals surface area contributed by atoms with Crippen LogP contribution in [-0.4, -0.2) is 34.9 Å². The van der Waals surface area contributed by atoms with Crippen molar-refractivity contribution < 1.29 is 9.90 Å². The van der Waals surface area contributed by atoms with Crippen LogP contribution in [0.5, 0.6) is 5.75 Å². The maximum atomic E-state index is 12.1. The van der Waals surface area contributed by atoms with Crippen LogP contribution in [0.25, 0.3) is 0 Å². The fraction of sp³-hybridized carbons (Fsp3) is 0.462. The Bertz CT molecular complexity index is 400. The number of hydrogen-bond acceptors (Lipinski definition) is 2. The van der Waals surface area contributed by atoms with Crippen LogP contribution in [0.2, 0.25) is 0 Å². The number of hydrogen-bond donors (Lipinski definition) is 1. The van der Waals surface area contributed by atoms with Gasteiger partial charge in [-0.05, 0) is 30.9 Å². The number of alkyl halides is 1. The molecule has 1 amide bonds. The van der Waals surface area contributed by atoms with Gasteiger partial charge in [0.25, 0.3) is 5.91 Å². The lowest BCUT2D eigenvalue weighted by molar-refractivity contribution is 0.0695. The number of benzene rings is 1. The SMILES string of the molecule is O=C(c1ccccc1O)N1CCC(CCl)CC1. The largest absolute Gasteiger partial charge is 0.507 e. The summed E-state index contributed by atoms with van der Waals surface area (Å²) in [6.07, 6.45) is 1.89. The maximum absolute atomic E-state index is 12.1. The summed E-state index contributed by atoms with van der Waals surface area (Å²) in [5, 5.41) is 9.64. The summed E-state index contributed by atoms with van der Waals surface area (Å²) in [6.45, 7) is 1.45. The van der Waals surface area contributed by atoms with Crippen LogP contribution in [0.15, 0.2) is 24.3 Å². The number of halogens is 1. The van der Waals surface area contributed by atoms with Gasteiger partial charge >= 0.3 is 0 Å². The van der Waals surface area contributed by atoms with E-state index in [1.807, 2.05) is 0 Å². The second kappa shape index (κ2) is 5.41. The predicted octanol–water partition coefficient (Wildman–Crippen LogP) is 2.48. The fourth-order valence-electron chi connectivity index (χ4n) is 2.12. The lowest BCUT2D eigenvalue weighted by Gasteiger charge is -2.31. The number of amides is 1. The molecule has 1 fully saturated rings. The summed E-state index contributed by atoms with van der Waals surface area (Å²) in [5.74, 6) is 1.15. The number of piperidine rings is 1. The molecule has 0 radical (unpaired) electrons. The lowest BCUT2D eigenvalue weighted by atomic mass is 9.98. The highest BCUT2D eigenvalue weighted by Crippen LogP contribution is 2.23. The Morgan fingerprint density at radius 1 is 1.35 bits per heavy atom. The first kappa shape index (κ1) is 12.2. The first-order chi connectivity index (χ1) is 8.22. The van der Waals surface area contributed by atoms with Gasteiger partial charge in [0.1, 0.15) is 5.75 Å². The molecule has 1 aromatic rings. The Kier molecular flexibility index (Phi) is 3.89. The molecule has 17 heavy (non-hydrogen) atoms. The molecule has 1 aromatic carbocycles. The molecule has 0 spiro atoms. The summed E-state index contributed by atoms with van der Waals surface area (Å²) in [4.78, 5) is 13.9. The number of rotatable bonds is 2. The standard InChI is InChI=1S/C13H16ClNO2/c14-9-10-5-7-15(8-6-10)13(17)11-3-1-2-4-12(11)16/h1-4,10,16H,5-9H2. The van der Waals surface area contributed by atoms with Crippen LogP contribution < -0.4 is 0 Å². The Balaban J connectivity index is 2.04. The van der Waals surface area contributed by atoms with Gasteiger partial charge < -0.3 is 10.0 Å². The Labute approximate surface area is 106 Å². The van der Waals surface area contributed by atoms with Gasteiger partial charge in [-0.2, -0.15) is 0 Å². The van der Waals surface area contributed by atoms with Gasteiger partial charge in [0.05, 0.1) is 5.56 Å². The zero-order chi connectivity index (χ0) is 12.3. The Hall–Kier alpha value is -1.22. The molecule has 0 aliphatic carbocycles. The molecule has 0 aromatic heterocycles. The van der Waals surface area contributed by atoms with Crippen LogP contribution in [0.4, 0.5) is 0 Å². The van der Waals surface area contributed by atoms with Gasteiger partial charge in [0.15, 0.2) is 0 Å². The van der Waals surface area contributed by atoms with Crippen LogP contribution >= 0.6 is 11.6 Å². The molecule has 0 saturated carbocycles. The minimum absolute atomic E-state index is 0.0527. The molecule has 1 N–H and O–H groups in total. The van der Waals surface area contributed by atoms with Gasteiger partial charge in [-0.3, -0.25) is 4.79 Å². The van der Waals surface area contributed by atoms with E-state index in [2.05, 4.69) is 0 Å². The predicted molar refractivity (Wildman–Crippen MR) is 67.5 cm³/mol. The topological polar surface area (TPSA) is 40.5 Å². The molecule has 1 aliphatic heterocycles. The van der Waals surface area contributed by atoms with E-state index in [0.29, 0.717) is 17.4 Å². The monoisotopic (exact) mass is 253 g/mol. The molecule has 0 unspecified atom stereocenters. The van der Waals surface area contributed by atoms with Crippen molar-refractivity contribution in [3.05, 3.63) is 29.8 Å². The third kappa shape index (κ3) is 2.72. The molecule has 2 rings (SSSR count). The number of nitrogens with zero attached hydrogens (tertiary/aromatic N) is 1. The summed E-state index contributed by atoms with van der Waals surface area (Å²) >= 11 is 5.81. The van der Waals surface area contributed by atoms with Crippen LogP contribution in [0.1, 0.15) is 23.2 Å². The van der Waals surface area contributed by atoms with Gasteiger partial charge in [0, 0.05) is 19.0 Å².